The minimum Gasteiger partial charge on any atom is -0.377 e. The maximum absolute atomic E-state index is 12.6. The first kappa shape index (κ1) is 18.9. The fourth-order valence-corrected chi connectivity index (χ4v) is 2.34. The van der Waals surface area contributed by atoms with Gasteiger partial charge in [0.15, 0.2) is 5.78 Å². The number of rotatable bonds is 6. The summed E-state index contributed by atoms with van der Waals surface area (Å²) in [5, 5.41) is 14.7. The Bertz CT molecular complexity index is 773. The summed E-state index contributed by atoms with van der Waals surface area (Å²) in [7, 11) is 0. The Kier molecular flexibility index (Phi) is 5.80. The second-order valence-corrected chi connectivity index (χ2v) is 7.24. The van der Waals surface area contributed by atoms with E-state index in [-0.39, 0.29) is 30.4 Å². The zero-order chi connectivity index (χ0) is 18.6. The minimum atomic E-state index is -0.449. The average molecular weight is 360 g/mol. The molecular formula is C19H22ClN3O2. The summed E-state index contributed by atoms with van der Waals surface area (Å²) in [4.78, 5) is 24.7. The molecule has 0 aromatic heterocycles. The molecule has 1 aromatic rings. The van der Waals surface area contributed by atoms with Crippen LogP contribution in [-0.4, -0.2) is 30.4 Å². The highest BCUT2D eigenvalue weighted by Gasteiger charge is 2.23. The van der Waals surface area contributed by atoms with Gasteiger partial charge in [-0.05, 0) is 12.1 Å². The van der Waals surface area contributed by atoms with Gasteiger partial charge in [-0.3, -0.25) is 15.0 Å². The second-order valence-electron chi connectivity index (χ2n) is 6.84. The van der Waals surface area contributed by atoms with Crippen LogP contribution in [0.2, 0.25) is 0 Å². The highest BCUT2D eigenvalue weighted by molar-refractivity contribution is 6.51. The van der Waals surface area contributed by atoms with Crippen molar-refractivity contribution in [2.75, 3.05) is 18.4 Å². The van der Waals surface area contributed by atoms with Gasteiger partial charge in [-0.2, -0.15) is 0 Å². The van der Waals surface area contributed by atoms with Crippen LogP contribution in [0.1, 0.15) is 26.3 Å². The molecular weight excluding hydrogens is 338 g/mol. The van der Waals surface area contributed by atoms with Crippen LogP contribution in [-0.2, 0) is 9.59 Å². The second kappa shape index (κ2) is 7.66. The SMILES string of the molecule is CC(C)(C)C(=O)CNc1ccccc1C(=N)C(=O)C1=CC=C(Cl)NC1. The molecule has 1 aliphatic rings. The van der Waals surface area contributed by atoms with E-state index in [0.717, 1.165) is 0 Å². The topological polar surface area (TPSA) is 82.1 Å². The number of para-hydroxylation sites is 1. The van der Waals surface area contributed by atoms with E-state index < -0.39 is 5.41 Å². The van der Waals surface area contributed by atoms with Gasteiger partial charge in [0.1, 0.15) is 10.9 Å². The Balaban J connectivity index is 2.18. The fraction of sp³-hybridized carbons (Fsp3) is 0.316. The lowest BCUT2D eigenvalue weighted by Gasteiger charge is -2.19. The lowest BCUT2D eigenvalue weighted by Crippen LogP contribution is -2.29. The summed E-state index contributed by atoms with van der Waals surface area (Å²) in [5.74, 6) is -0.316. The summed E-state index contributed by atoms with van der Waals surface area (Å²) >= 11 is 5.81. The molecule has 0 saturated carbocycles. The van der Waals surface area contributed by atoms with Gasteiger partial charge in [0, 0.05) is 28.8 Å². The molecule has 6 heteroatoms. The van der Waals surface area contributed by atoms with Gasteiger partial charge in [-0.1, -0.05) is 56.6 Å². The van der Waals surface area contributed by atoms with Crippen LogP contribution in [0.25, 0.3) is 0 Å². The molecule has 0 radical (unpaired) electrons. The van der Waals surface area contributed by atoms with Crippen LogP contribution in [0, 0.1) is 10.8 Å². The van der Waals surface area contributed by atoms with Gasteiger partial charge in [0.05, 0.1) is 6.54 Å². The summed E-state index contributed by atoms with van der Waals surface area (Å²) in [6.07, 6.45) is 3.21. The first-order chi connectivity index (χ1) is 11.7. The number of anilines is 1. The Morgan fingerprint density at radius 2 is 1.92 bits per heavy atom. The summed E-state index contributed by atoms with van der Waals surface area (Å²) < 4.78 is 0. The molecule has 2 rings (SSSR count). The fourth-order valence-electron chi connectivity index (χ4n) is 2.21. The number of benzene rings is 1. The third-order valence-corrected chi connectivity index (χ3v) is 4.13. The molecule has 0 bridgehead atoms. The number of halogens is 1. The van der Waals surface area contributed by atoms with Gasteiger partial charge < -0.3 is 10.6 Å². The number of hydrogen-bond donors (Lipinski definition) is 3. The standard InChI is InChI=1S/C19H22ClN3O2/c1-19(2,3)15(24)11-22-14-7-5-4-6-13(14)17(21)18(25)12-8-9-16(20)23-10-12/h4-9,21-23H,10-11H2,1-3H3. The number of Topliss-reactive ketones (excluding diaryl/α,β-unsaturated/α-hetero) is 2. The highest BCUT2D eigenvalue weighted by Crippen LogP contribution is 2.20. The van der Waals surface area contributed by atoms with E-state index in [4.69, 9.17) is 17.0 Å². The molecule has 0 amide bonds. The number of dihydropyridines is 1. The number of carbonyl (C=O) groups is 2. The molecule has 5 nitrogen and oxygen atoms in total. The Morgan fingerprint density at radius 1 is 1.24 bits per heavy atom. The molecule has 0 spiro atoms. The van der Waals surface area contributed by atoms with E-state index >= 15 is 0 Å². The number of hydrogen-bond acceptors (Lipinski definition) is 5. The monoisotopic (exact) mass is 359 g/mol. The van der Waals surface area contributed by atoms with Gasteiger partial charge in [-0.15, -0.1) is 0 Å². The van der Waals surface area contributed by atoms with Crippen LogP contribution in [0.3, 0.4) is 0 Å². The van der Waals surface area contributed by atoms with Gasteiger partial charge >= 0.3 is 0 Å². The van der Waals surface area contributed by atoms with E-state index in [0.29, 0.717) is 22.0 Å². The van der Waals surface area contributed by atoms with Crippen LogP contribution in [0.5, 0.6) is 0 Å². The predicted octanol–water partition coefficient (Wildman–Crippen LogP) is 3.26. The van der Waals surface area contributed by atoms with E-state index in [1.54, 1.807) is 36.4 Å². The number of allylic oxidation sites excluding steroid dienone is 2. The quantitative estimate of drug-likeness (QED) is 0.538. The van der Waals surface area contributed by atoms with Crippen molar-refractivity contribution in [1.29, 1.82) is 5.41 Å². The van der Waals surface area contributed by atoms with Crippen molar-refractivity contribution in [3.05, 3.63) is 52.7 Å². The van der Waals surface area contributed by atoms with E-state index in [1.807, 2.05) is 20.8 Å². The van der Waals surface area contributed by atoms with Crippen molar-refractivity contribution < 1.29 is 9.59 Å². The third-order valence-electron chi connectivity index (χ3n) is 3.87. The largest absolute Gasteiger partial charge is 0.377 e. The number of nitrogens with one attached hydrogen (secondary N) is 3. The minimum absolute atomic E-state index is 0.0547. The average Bonchev–Trinajstić information content (AvgIpc) is 2.58. The first-order valence-corrected chi connectivity index (χ1v) is 8.38. The highest BCUT2D eigenvalue weighted by atomic mass is 35.5. The maximum atomic E-state index is 12.6. The molecule has 0 fully saturated rings. The van der Waals surface area contributed by atoms with Crippen molar-refractivity contribution in [2.24, 2.45) is 5.41 Å². The van der Waals surface area contributed by atoms with Crippen LogP contribution >= 0.6 is 11.6 Å². The molecule has 1 aromatic carbocycles. The zero-order valence-corrected chi connectivity index (χ0v) is 15.3. The van der Waals surface area contributed by atoms with Gasteiger partial charge in [0.25, 0.3) is 0 Å². The van der Waals surface area contributed by atoms with Crippen LogP contribution in [0.15, 0.2) is 47.1 Å². The first-order valence-electron chi connectivity index (χ1n) is 8.00. The third kappa shape index (κ3) is 4.79. The molecule has 3 N–H and O–H groups in total. The number of ketones is 2. The Hall–Kier alpha value is -2.40. The Labute approximate surface area is 152 Å². The van der Waals surface area contributed by atoms with Crippen molar-refractivity contribution in [1.82, 2.24) is 5.32 Å². The molecule has 1 heterocycles. The normalized spacial score (nSPS) is 14.1. The van der Waals surface area contributed by atoms with E-state index in [9.17, 15) is 9.59 Å². The number of carbonyl (C=O) groups excluding carboxylic acids is 2. The molecule has 0 unspecified atom stereocenters. The van der Waals surface area contributed by atoms with Crippen molar-refractivity contribution in [3.8, 4) is 0 Å². The molecule has 1 aliphatic heterocycles. The van der Waals surface area contributed by atoms with Gasteiger partial charge in [0.2, 0.25) is 5.78 Å². The van der Waals surface area contributed by atoms with E-state index in [2.05, 4.69) is 10.6 Å². The van der Waals surface area contributed by atoms with Crippen molar-refractivity contribution in [2.45, 2.75) is 20.8 Å². The van der Waals surface area contributed by atoms with E-state index in [1.165, 1.54) is 0 Å². The van der Waals surface area contributed by atoms with Crippen LogP contribution in [0.4, 0.5) is 5.69 Å². The zero-order valence-electron chi connectivity index (χ0n) is 14.6. The summed E-state index contributed by atoms with van der Waals surface area (Å²) in [5.41, 5.74) is 0.961. The molecule has 132 valence electrons. The van der Waals surface area contributed by atoms with Crippen LogP contribution < -0.4 is 10.6 Å². The summed E-state index contributed by atoms with van der Waals surface area (Å²) in [6.45, 7) is 6.00. The molecule has 25 heavy (non-hydrogen) atoms. The Morgan fingerprint density at radius 3 is 2.52 bits per heavy atom. The maximum Gasteiger partial charge on any atom is 0.209 e. The van der Waals surface area contributed by atoms with Crippen molar-refractivity contribution >= 4 is 34.6 Å². The summed E-state index contributed by atoms with van der Waals surface area (Å²) in [6, 6.07) is 7.02. The lowest BCUT2D eigenvalue weighted by molar-refractivity contribution is -0.124. The molecule has 0 saturated heterocycles. The predicted molar refractivity (Wildman–Crippen MR) is 101 cm³/mol. The smallest absolute Gasteiger partial charge is 0.209 e. The van der Waals surface area contributed by atoms with Crippen molar-refractivity contribution in [3.63, 3.8) is 0 Å². The molecule has 0 aliphatic carbocycles. The van der Waals surface area contributed by atoms with Gasteiger partial charge in [-0.25, -0.2) is 0 Å². The lowest BCUT2D eigenvalue weighted by atomic mass is 9.90. The molecule has 0 atom stereocenters.